The lowest BCUT2D eigenvalue weighted by Crippen LogP contribution is -2.10. The third kappa shape index (κ3) is 4.52. The summed E-state index contributed by atoms with van der Waals surface area (Å²) in [5, 5.41) is 7.92. The maximum atomic E-state index is 12.1. The maximum Gasteiger partial charge on any atom is 0.252 e. The predicted octanol–water partition coefficient (Wildman–Crippen LogP) is 4.38. The zero-order chi connectivity index (χ0) is 14.9. The molecule has 0 fully saturated rings. The van der Waals surface area contributed by atoms with Gasteiger partial charge < -0.3 is 0 Å². The van der Waals surface area contributed by atoms with Crippen molar-refractivity contribution in [2.45, 2.75) is 51.9 Å². The number of para-hydroxylation sites is 1. The quantitative estimate of drug-likeness (QED) is 0.534. The van der Waals surface area contributed by atoms with Crippen LogP contribution in [0, 0.1) is 0 Å². The standard InChI is InChI=1S/C17H23N3O/c1-2-3-4-5-6-7-8-9-14-17(21)20-16-13-11-10-12-15(16)18-19-20/h8-13H,2-7,14H2,1H3/b9-8+. The van der Waals surface area contributed by atoms with E-state index in [2.05, 4.69) is 23.3 Å². The highest BCUT2D eigenvalue weighted by Crippen LogP contribution is 2.10. The number of nitrogens with zero attached hydrogens (tertiary/aromatic N) is 3. The molecule has 0 aliphatic carbocycles. The second kappa shape index (κ2) is 8.35. The van der Waals surface area contributed by atoms with Gasteiger partial charge in [0, 0.05) is 6.42 Å². The highest BCUT2D eigenvalue weighted by atomic mass is 16.2. The van der Waals surface area contributed by atoms with Gasteiger partial charge in [-0.15, -0.1) is 5.10 Å². The minimum absolute atomic E-state index is 0.0362. The summed E-state index contributed by atoms with van der Waals surface area (Å²) in [7, 11) is 0. The smallest absolute Gasteiger partial charge is 0.252 e. The number of rotatable bonds is 8. The van der Waals surface area contributed by atoms with Crippen LogP contribution < -0.4 is 0 Å². The van der Waals surface area contributed by atoms with Crippen LogP contribution in [0.3, 0.4) is 0 Å². The Balaban J connectivity index is 1.77. The van der Waals surface area contributed by atoms with E-state index in [9.17, 15) is 4.79 Å². The number of carbonyl (C=O) groups excluding carboxylic acids is 1. The average Bonchev–Trinajstić information content (AvgIpc) is 2.94. The second-order valence-electron chi connectivity index (χ2n) is 5.26. The molecule has 0 aliphatic heterocycles. The molecular formula is C17H23N3O. The highest BCUT2D eigenvalue weighted by Gasteiger charge is 2.09. The van der Waals surface area contributed by atoms with Gasteiger partial charge in [-0.1, -0.05) is 62.1 Å². The number of hydrogen-bond acceptors (Lipinski definition) is 3. The zero-order valence-corrected chi connectivity index (χ0v) is 12.7. The monoisotopic (exact) mass is 285 g/mol. The lowest BCUT2D eigenvalue weighted by molar-refractivity contribution is 0.0905. The van der Waals surface area contributed by atoms with E-state index < -0.39 is 0 Å². The van der Waals surface area contributed by atoms with Crippen molar-refractivity contribution >= 4 is 16.9 Å². The molecule has 0 spiro atoms. The van der Waals surface area contributed by atoms with Crippen LogP contribution in [-0.2, 0) is 0 Å². The molecule has 0 bridgehead atoms. The van der Waals surface area contributed by atoms with E-state index in [0.717, 1.165) is 17.5 Å². The maximum absolute atomic E-state index is 12.1. The first-order valence-electron chi connectivity index (χ1n) is 7.81. The van der Waals surface area contributed by atoms with Gasteiger partial charge in [0.1, 0.15) is 5.52 Å². The van der Waals surface area contributed by atoms with Gasteiger partial charge in [0.25, 0.3) is 5.91 Å². The van der Waals surface area contributed by atoms with Gasteiger partial charge in [-0.25, -0.2) is 0 Å². The van der Waals surface area contributed by atoms with Gasteiger partial charge in [0.15, 0.2) is 0 Å². The van der Waals surface area contributed by atoms with Gasteiger partial charge in [-0.05, 0) is 25.0 Å². The third-order valence-electron chi connectivity index (χ3n) is 3.52. The molecule has 0 amide bonds. The summed E-state index contributed by atoms with van der Waals surface area (Å²) in [4.78, 5) is 12.1. The summed E-state index contributed by atoms with van der Waals surface area (Å²) in [6.45, 7) is 2.22. The molecule has 0 radical (unpaired) electrons. The lowest BCUT2D eigenvalue weighted by atomic mass is 10.1. The van der Waals surface area contributed by atoms with Crippen LogP contribution in [0.1, 0.15) is 56.7 Å². The molecule has 112 valence electrons. The first kappa shape index (κ1) is 15.4. The molecular weight excluding hydrogens is 262 g/mol. The fraction of sp³-hybridized carbons (Fsp3) is 0.471. The Labute approximate surface area is 125 Å². The van der Waals surface area contributed by atoms with Crippen LogP contribution in [0.4, 0.5) is 0 Å². The van der Waals surface area contributed by atoms with Crippen LogP contribution in [-0.4, -0.2) is 20.9 Å². The van der Waals surface area contributed by atoms with E-state index in [-0.39, 0.29) is 5.91 Å². The SMILES string of the molecule is CCCCCCC/C=C/CC(=O)n1nnc2ccccc21. The first-order chi connectivity index (χ1) is 10.3. The van der Waals surface area contributed by atoms with Crippen LogP contribution in [0.5, 0.6) is 0 Å². The summed E-state index contributed by atoms with van der Waals surface area (Å²) in [5.41, 5.74) is 1.53. The van der Waals surface area contributed by atoms with Gasteiger partial charge in [-0.2, -0.15) is 4.68 Å². The van der Waals surface area contributed by atoms with Crippen molar-refractivity contribution in [1.29, 1.82) is 0 Å². The Hall–Kier alpha value is -1.97. The van der Waals surface area contributed by atoms with Crippen molar-refractivity contribution < 1.29 is 4.79 Å². The topological polar surface area (TPSA) is 47.8 Å². The van der Waals surface area contributed by atoms with Crippen molar-refractivity contribution in [2.75, 3.05) is 0 Å². The van der Waals surface area contributed by atoms with Crippen molar-refractivity contribution in [3.8, 4) is 0 Å². The number of benzene rings is 1. The summed E-state index contributed by atoms with van der Waals surface area (Å²) < 4.78 is 1.39. The molecule has 0 saturated carbocycles. The molecule has 0 N–H and O–H groups in total. The Morgan fingerprint density at radius 2 is 1.95 bits per heavy atom. The average molecular weight is 285 g/mol. The number of carbonyl (C=O) groups is 1. The molecule has 1 aromatic carbocycles. The van der Waals surface area contributed by atoms with Crippen molar-refractivity contribution in [1.82, 2.24) is 15.0 Å². The molecule has 0 saturated heterocycles. The number of unbranched alkanes of at least 4 members (excludes halogenated alkanes) is 5. The van der Waals surface area contributed by atoms with E-state index in [0.29, 0.717) is 6.42 Å². The molecule has 2 aromatic rings. The van der Waals surface area contributed by atoms with E-state index >= 15 is 0 Å². The van der Waals surface area contributed by atoms with E-state index in [1.807, 2.05) is 30.3 Å². The summed E-state index contributed by atoms with van der Waals surface area (Å²) in [6.07, 6.45) is 11.9. The second-order valence-corrected chi connectivity index (χ2v) is 5.26. The fourth-order valence-corrected chi connectivity index (χ4v) is 2.31. The molecule has 0 atom stereocenters. The summed E-state index contributed by atoms with van der Waals surface area (Å²) in [5.74, 6) is -0.0362. The zero-order valence-electron chi connectivity index (χ0n) is 12.7. The van der Waals surface area contributed by atoms with Crippen LogP contribution >= 0.6 is 0 Å². The third-order valence-corrected chi connectivity index (χ3v) is 3.52. The Morgan fingerprint density at radius 1 is 1.14 bits per heavy atom. The van der Waals surface area contributed by atoms with Crippen LogP contribution in [0.2, 0.25) is 0 Å². The van der Waals surface area contributed by atoms with Crippen LogP contribution in [0.15, 0.2) is 36.4 Å². The Bertz CT molecular complexity index is 601. The molecule has 0 unspecified atom stereocenters. The van der Waals surface area contributed by atoms with Crippen molar-refractivity contribution in [3.05, 3.63) is 36.4 Å². The predicted molar refractivity (Wildman–Crippen MR) is 85.3 cm³/mol. The fourth-order valence-electron chi connectivity index (χ4n) is 2.31. The minimum Gasteiger partial charge on any atom is -0.272 e. The minimum atomic E-state index is -0.0362. The van der Waals surface area contributed by atoms with E-state index in [1.54, 1.807) is 0 Å². The van der Waals surface area contributed by atoms with Crippen molar-refractivity contribution in [2.24, 2.45) is 0 Å². The molecule has 4 heteroatoms. The largest absolute Gasteiger partial charge is 0.272 e. The van der Waals surface area contributed by atoms with Gasteiger partial charge >= 0.3 is 0 Å². The van der Waals surface area contributed by atoms with Gasteiger partial charge in [0.05, 0.1) is 5.52 Å². The van der Waals surface area contributed by atoms with Gasteiger partial charge in [0.2, 0.25) is 0 Å². The number of hydrogen-bond donors (Lipinski definition) is 0. The van der Waals surface area contributed by atoms with Crippen LogP contribution in [0.25, 0.3) is 11.0 Å². The molecule has 1 heterocycles. The lowest BCUT2D eigenvalue weighted by Gasteiger charge is -1.98. The first-order valence-corrected chi connectivity index (χ1v) is 7.81. The molecule has 4 nitrogen and oxygen atoms in total. The normalized spacial score (nSPS) is 11.5. The number of allylic oxidation sites excluding steroid dienone is 2. The van der Waals surface area contributed by atoms with Gasteiger partial charge in [-0.3, -0.25) is 4.79 Å². The number of fused-ring (bicyclic) bond motifs is 1. The Kier molecular flexibility index (Phi) is 6.13. The summed E-state index contributed by atoms with van der Waals surface area (Å²) >= 11 is 0. The van der Waals surface area contributed by atoms with E-state index in [4.69, 9.17) is 0 Å². The molecule has 1 aromatic heterocycles. The molecule has 2 rings (SSSR count). The number of aromatic nitrogens is 3. The molecule has 21 heavy (non-hydrogen) atoms. The Morgan fingerprint density at radius 3 is 2.81 bits per heavy atom. The molecule has 0 aliphatic rings. The summed E-state index contributed by atoms with van der Waals surface area (Å²) in [6, 6.07) is 7.51. The van der Waals surface area contributed by atoms with E-state index in [1.165, 1.54) is 36.8 Å². The van der Waals surface area contributed by atoms with Crippen molar-refractivity contribution in [3.63, 3.8) is 0 Å². The highest BCUT2D eigenvalue weighted by molar-refractivity contribution is 5.89.